The van der Waals surface area contributed by atoms with Gasteiger partial charge in [-0.2, -0.15) is 0 Å². The zero-order chi connectivity index (χ0) is 9.84. The van der Waals surface area contributed by atoms with Crippen LogP contribution in [0.25, 0.3) is 0 Å². The van der Waals surface area contributed by atoms with Gasteiger partial charge in [-0.25, -0.2) is 0 Å². The van der Waals surface area contributed by atoms with Crippen molar-refractivity contribution in [1.82, 2.24) is 5.32 Å². The van der Waals surface area contributed by atoms with E-state index in [4.69, 9.17) is 4.74 Å². The molecular weight excluding hydrogens is 162 g/mol. The second-order valence-electron chi connectivity index (χ2n) is 4.60. The first-order valence-electron chi connectivity index (χ1n) is 5.47. The van der Waals surface area contributed by atoms with Crippen molar-refractivity contribution >= 4 is 0 Å². The molecule has 13 heavy (non-hydrogen) atoms. The van der Waals surface area contributed by atoms with Gasteiger partial charge in [0.2, 0.25) is 0 Å². The van der Waals surface area contributed by atoms with Gasteiger partial charge in [-0.15, -0.1) is 0 Å². The summed E-state index contributed by atoms with van der Waals surface area (Å²) in [6, 6.07) is 1.29. The van der Waals surface area contributed by atoms with Crippen LogP contribution in [0.5, 0.6) is 0 Å². The number of nitrogens with one attached hydrogen (secondary N) is 1. The minimum Gasteiger partial charge on any atom is -0.378 e. The third-order valence-corrected chi connectivity index (χ3v) is 2.98. The smallest absolute Gasteiger partial charge is 0.0561 e. The highest BCUT2D eigenvalue weighted by Crippen LogP contribution is 2.14. The zero-order valence-electron chi connectivity index (χ0n) is 9.34. The summed E-state index contributed by atoms with van der Waals surface area (Å²) in [7, 11) is 0. The first-order chi connectivity index (χ1) is 6.09. The second-order valence-corrected chi connectivity index (χ2v) is 4.60. The van der Waals surface area contributed by atoms with Crippen LogP contribution in [0, 0.1) is 5.92 Å². The largest absolute Gasteiger partial charge is 0.378 e. The van der Waals surface area contributed by atoms with Crippen LogP contribution in [0.2, 0.25) is 0 Å². The van der Waals surface area contributed by atoms with Crippen molar-refractivity contribution in [2.75, 3.05) is 6.61 Å². The predicted molar refractivity (Wildman–Crippen MR) is 55.9 cm³/mol. The van der Waals surface area contributed by atoms with E-state index < -0.39 is 0 Å². The SMILES string of the molecule is CC1CC(NC(C)C(C)C)CCO1. The maximum absolute atomic E-state index is 5.51. The fraction of sp³-hybridized carbons (Fsp3) is 1.00. The molecule has 3 atom stereocenters. The molecule has 0 spiro atoms. The summed E-state index contributed by atoms with van der Waals surface area (Å²) in [5.74, 6) is 0.721. The van der Waals surface area contributed by atoms with Gasteiger partial charge in [0.15, 0.2) is 0 Å². The Bertz CT molecular complexity index is 147. The predicted octanol–water partition coefficient (Wildman–Crippen LogP) is 2.19. The van der Waals surface area contributed by atoms with E-state index in [9.17, 15) is 0 Å². The molecule has 1 N–H and O–H groups in total. The zero-order valence-corrected chi connectivity index (χ0v) is 9.34. The van der Waals surface area contributed by atoms with Gasteiger partial charge in [-0.1, -0.05) is 13.8 Å². The highest BCUT2D eigenvalue weighted by Gasteiger charge is 2.21. The second kappa shape index (κ2) is 4.97. The van der Waals surface area contributed by atoms with Crippen LogP contribution < -0.4 is 5.32 Å². The normalized spacial score (nSPS) is 32.1. The van der Waals surface area contributed by atoms with Crippen molar-refractivity contribution in [2.24, 2.45) is 5.92 Å². The van der Waals surface area contributed by atoms with Gasteiger partial charge >= 0.3 is 0 Å². The van der Waals surface area contributed by atoms with Gasteiger partial charge < -0.3 is 10.1 Å². The molecule has 3 unspecified atom stereocenters. The molecule has 2 heteroatoms. The molecule has 1 fully saturated rings. The van der Waals surface area contributed by atoms with Crippen molar-refractivity contribution in [3.8, 4) is 0 Å². The number of hydrogen-bond donors (Lipinski definition) is 1. The van der Waals surface area contributed by atoms with E-state index in [-0.39, 0.29) is 0 Å². The van der Waals surface area contributed by atoms with Gasteiger partial charge in [0, 0.05) is 18.7 Å². The van der Waals surface area contributed by atoms with Crippen LogP contribution in [0.15, 0.2) is 0 Å². The average molecular weight is 185 g/mol. The van der Waals surface area contributed by atoms with Crippen LogP contribution in [0.1, 0.15) is 40.5 Å². The highest BCUT2D eigenvalue weighted by molar-refractivity contribution is 4.78. The summed E-state index contributed by atoms with van der Waals surface area (Å²) in [4.78, 5) is 0. The van der Waals surface area contributed by atoms with Gasteiger partial charge in [0.25, 0.3) is 0 Å². The lowest BCUT2D eigenvalue weighted by atomic mass is 10.00. The molecular formula is C11H23NO. The number of rotatable bonds is 3. The van der Waals surface area contributed by atoms with Gasteiger partial charge in [-0.05, 0) is 32.6 Å². The van der Waals surface area contributed by atoms with E-state index in [1.807, 2.05) is 0 Å². The fourth-order valence-corrected chi connectivity index (χ4v) is 1.71. The molecule has 0 aromatic carbocycles. The monoisotopic (exact) mass is 185 g/mol. The summed E-state index contributed by atoms with van der Waals surface area (Å²) in [5, 5.41) is 3.67. The van der Waals surface area contributed by atoms with Gasteiger partial charge in [0.05, 0.1) is 6.10 Å². The first kappa shape index (κ1) is 11.0. The summed E-state index contributed by atoms with van der Waals surface area (Å²) in [6.07, 6.45) is 2.77. The molecule has 2 nitrogen and oxygen atoms in total. The molecule has 1 rings (SSSR count). The Morgan fingerprint density at radius 1 is 1.31 bits per heavy atom. The standard InChI is InChI=1S/C11H23NO/c1-8(2)10(4)12-11-5-6-13-9(3)7-11/h8-12H,5-7H2,1-4H3. The molecule has 0 aromatic rings. The lowest BCUT2D eigenvalue weighted by Crippen LogP contribution is -2.44. The maximum Gasteiger partial charge on any atom is 0.0561 e. The van der Waals surface area contributed by atoms with Gasteiger partial charge in [-0.3, -0.25) is 0 Å². The Kier molecular flexibility index (Phi) is 4.20. The molecule has 0 bridgehead atoms. The third kappa shape index (κ3) is 3.65. The summed E-state index contributed by atoms with van der Waals surface area (Å²) in [6.45, 7) is 9.88. The van der Waals surface area contributed by atoms with Crippen LogP contribution in [0.3, 0.4) is 0 Å². The molecule has 78 valence electrons. The minimum atomic E-state index is 0.436. The average Bonchev–Trinajstić information content (AvgIpc) is 2.04. The topological polar surface area (TPSA) is 21.3 Å². The Hall–Kier alpha value is -0.0800. The number of ether oxygens (including phenoxy) is 1. The lowest BCUT2D eigenvalue weighted by molar-refractivity contribution is 0.0106. The Labute approximate surface area is 82.0 Å². The van der Waals surface area contributed by atoms with E-state index in [0.717, 1.165) is 18.9 Å². The Morgan fingerprint density at radius 2 is 2.00 bits per heavy atom. The summed E-state index contributed by atoms with van der Waals surface area (Å²) < 4.78 is 5.51. The molecule has 1 heterocycles. The highest BCUT2D eigenvalue weighted by atomic mass is 16.5. The van der Waals surface area contributed by atoms with Crippen LogP contribution in [-0.4, -0.2) is 24.8 Å². The number of hydrogen-bond acceptors (Lipinski definition) is 2. The Morgan fingerprint density at radius 3 is 2.54 bits per heavy atom. The van der Waals surface area contributed by atoms with Crippen LogP contribution in [0.4, 0.5) is 0 Å². The molecule has 0 saturated carbocycles. The fourth-order valence-electron chi connectivity index (χ4n) is 1.71. The van der Waals surface area contributed by atoms with E-state index >= 15 is 0 Å². The minimum absolute atomic E-state index is 0.436. The lowest BCUT2D eigenvalue weighted by Gasteiger charge is -2.31. The molecule has 1 aliphatic rings. The summed E-state index contributed by atoms with van der Waals surface area (Å²) >= 11 is 0. The quantitative estimate of drug-likeness (QED) is 0.727. The van der Waals surface area contributed by atoms with Crippen LogP contribution >= 0.6 is 0 Å². The molecule has 0 radical (unpaired) electrons. The van der Waals surface area contributed by atoms with Crippen LogP contribution in [-0.2, 0) is 4.74 Å². The van der Waals surface area contributed by atoms with Gasteiger partial charge in [0.1, 0.15) is 0 Å². The molecule has 0 amide bonds. The molecule has 1 saturated heterocycles. The van der Waals surface area contributed by atoms with Crippen molar-refractivity contribution in [3.05, 3.63) is 0 Å². The molecule has 0 aliphatic carbocycles. The van der Waals surface area contributed by atoms with Crippen molar-refractivity contribution < 1.29 is 4.74 Å². The summed E-state index contributed by atoms with van der Waals surface area (Å²) in [5.41, 5.74) is 0. The third-order valence-electron chi connectivity index (χ3n) is 2.98. The molecule has 0 aromatic heterocycles. The van der Waals surface area contributed by atoms with E-state index in [2.05, 4.69) is 33.0 Å². The van der Waals surface area contributed by atoms with E-state index in [1.54, 1.807) is 0 Å². The van der Waals surface area contributed by atoms with E-state index in [0.29, 0.717) is 18.2 Å². The van der Waals surface area contributed by atoms with Crippen molar-refractivity contribution in [3.63, 3.8) is 0 Å². The van der Waals surface area contributed by atoms with E-state index in [1.165, 1.54) is 6.42 Å². The Balaban J connectivity index is 2.27. The molecule has 1 aliphatic heterocycles. The first-order valence-corrected chi connectivity index (χ1v) is 5.47. The van der Waals surface area contributed by atoms with Crippen molar-refractivity contribution in [1.29, 1.82) is 0 Å². The van der Waals surface area contributed by atoms with Crippen molar-refractivity contribution in [2.45, 2.75) is 58.7 Å². The maximum atomic E-state index is 5.51.